The summed E-state index contributed by atoms with van der Waals surface area (Å²) in [5, 5.41) is 12.6. The van der Waals surface area contributed by atoms with E-state index in [0.717, 1.165) is 16.9 Å². The Balaban J connectivity index is 0.00000220. The quantitative estimate of drug-likeness (QED) is 0.704. The van der Waals surface area contributed by atoms with Gasteiger partial charge in [0, 0.05) is 29.2 Å². The van der Waals surface area contributed by atoms with Gasteiger partial charge in [0.25, 0.3) is 0 Å². The van der Waals surface area contributed by atoms with E-state index >= 15 is 0 Å². The highest BCUT2D eigenvalue weighted by atomic mass is 35.5. The van der Waals surface area contributed by atoms with Gasteiger partial charge in [-0.05, 0) is 12.1 Å². The number of hydrogen-bond acceptors (Lipinski definition) is 3. The summed E-state index contributed by atoms with van der Waals surface area (Å²) in [4.78, 5) is 0. The van der Waals surface area contributed by atoms with Crippen molar-refractivity contribution in [1.82, 2.24) is 5.32 Å². The van der Waals surface area contributed by atoms with Gasteiger partial charge in [0.2, 0.25) is 0 Å². The van der Waals surface area contributed by atoms with Crippen LogP contribution in [0.15, 0.2) is 48.5 Å². The minimum Gasteiger partial charge on any atom is -1.00 e. The number of benzene rings is 2. The number of rotatable bonds is 7. The molecule has 0 saturated heterocycles. The van der Waals surface area contributed by atoms with Gasteiger partial charge in [0.15, 0.2) is 0 Å². The maximum atomic E-state index is 8.79. The van der Waals surface area contributed by atoms with Gasteiger partial charge in [-0.2, -0.15) is 0 Å². The molecule has 0 aliphatic heterocycles. The topological polar surface area (TPSA) is 41.5 Å². The molecular formula is C16H18Cl2NO2-. The molecule has 0 amide bonds. The Morgan fingerprint density at radius 3 is 2.38 bits per heavy atom. The molecule has 0 fully saturated rings. The standard InChI is InChI=1S/C16H18ClNO2.ClH/c17-15-7-3-1-6-14(15)12-20-16-8-4-2-5-13(16)11-18-9-10-19;/h1-8,18-19H,9-12H2;1H/p-1. The van der Waals surface area contributed by atoms with E-state index in [2.05, 4.69) is 5.32 Å². The maximum Gasteiger partial charge on any atom is 0.124 e. The summed E-state index contributed by atoms with van der Waals surface area (Å²) >= 11 is 6.11. The molecular weight excluding hydrogens is 309 g/mol. The molecule has 21 heavy (non-hydrogen) atoms. The molecule has 0 radical (unpaired) electrons. The van der Waals surface area contributed by atoms with E-state index < -0.39 is 0 Å². The fraction of sp³-hybridized carbons (Fsp3) is 0.250. The maximum absolute atomic E-state index is 8.79. The summed E-state index contributed by atoms with van der Waals surface area (Å²) in [6, 6.07) is 15.5. The monoisotopic (exact) mass is 326 g/mol. The smallest absolute Gasteiger partial charge is 0.124 e. The summed E-state index contributed by atoms with van der Waals surface area (Å²) in [5.74, 6) is 0.831. The van der Waals surface area contributed by atoms with Crippen LogP contribution in [0.1, 0.15) is 11.1 Å². The molecule has 114 valence electrons. The predicted octanol–water partition coefficient (Wildman–Crippen LogP) is 0.00490. The lowest BCUT2D eigenvalue weighted by Crippen LogP contribution is -3.00. The minimum absolute atomic E-state index is 0. The van der Waals surface area contributed by atoms with E-state index in [1.165, 1.54) is 0 Å². The van der Waals surface area contributed by atoms with Gasteiger partial charge in [0.05, 0.1) is 6.61 Å². The molecule has 0 spiro atoms. The van der Waals surface area contributed by atoms with Crippen molar-refractivity contribution in [1.29, 1.82) is 0 Å². The molecule has 2 aromatic rings. The highest BCUT2D eigenvalue weighted by Crippen LogP contribution is 2.21. The number of para-hydroxylation sites is 1. The van der Waals surface area contributed by atoms with Crippen LogP contribution in [-0.2, 0) is 13.2 Å². The van der Waals surface area contributed by atoms with E-state index in [1.807, 2.05) is 48.5 Å². The summed E-state index contributed by atoms with van der Waals surface area (Å²) < 4.78 is 5.85. The lowest BCUT2D eigenvalue weighted by atomic mass is 10.2. The zero-order valence-corrected chi connectivity index (χ0v) is 13.1. The van der Waals surface area contributed by atoms with Crippen molar-refractivity contribution in [2.75, 3.05) is 13.2 Å². The molecule has 0 saturated carbocycles. The molecule has 0 unspecified atom stereocenters. The Morgan fingerprint density at radius 1 is 1.00 bits per heavy atom. The van der Waals surface area contributed by atoms with E-state index in [4.69, 9.17) is 21.4 Å². The van der Waals surface area contributed by atoms with Crippen molar-refractivity contribution < 1.29 is 22.3 Å². The predicted molar refractivity (Wildman–Crippen MR) is 81.0 cm³/mol. The zero-order chi connectivity index (χ0) is 14.2. The lowest BCUT2D eigenvalue weighted by Gasteiger charge is -2.12. The zero-order valence-electron chi connectivity index (χ0n) is 11.6. The highest BCUT2D eigenvalue weighted by Gasteiger charge is 2.04. The Hall–Kier alpha value is -1.26. The molecule has 2 aromatic carbocycles. The molecule has 0 bridgehead atoms. The average Bonchev–Trinajstić information content (AvgIpc) is 2.48. The number of nitrogens with one attached hydrogen (secondary N) is 1. The first-order chi connectivity index (χ1) is 9.81. The molecule has 0 aromatic heterocycles. The normalized spacial score (nSPS) is 10.0. The van der Waals surface area contributed by atoms with E-state index in [1.54, 1.807) is 0 Å². The third kappa shape index (κ3) is 5.56. The van der Waals surface area contributed by atoms with E-state index in [-0.39, 0.29) is 19.0 Å². The number of ether oxygens (including phenoxy) is 1. The van der Waals surface area contributed by atoms with Crippen LogP contribution in [0, 0.1) is 0 Å². The lowest BCUT2D eigenvalue weighted by molar-refractivity contribution is -0.00000536. The molecule has 0 aliphatic carbocycles. The average molecular weight is 327 g/mol. The van der Waals surface area contributed by atoms with Crippen molar-refractivity contribution in [2.24, 2.45) is 0 Å². The van der Waals surface area contributed by atoms with Gasteiger partial charge in [0.1, 0.15) is 12.4 Å². The first-order valence-corrected chi connectivity index (χ1v) is 6.94. The summed E-state index contributed by atoms with van der Waals surface area (Å²) in [7, 11) is 0. The van der Waals surface area contributed by atoms with Crippen LogP contribution in [0.2, 0.25) is 5.02 Å². The number of aliphatic hydroxyl groups is 1. The van der Waals surface area contributed by atoms with Crippen molar-refractivity contribution >= 4 is 11.6 Å². The first kappa shape index (κ1) is 17.8. The third-order valence-corrected chi connectivity index (χ3v) is 3.29. The van der Waals surface area contributed by atoms with E-state index in [9.17, 15) is 0 Å². The molecule has 5 heteroatoms. The van der Waals surface area contributed by atoms with Crippen LogP contribution in [0.25, 0.3) is 0 Å². The van der Waals surface area contributed by atoms with Crippen LogP contribution in [-0.4, -0.2) is 18.3 Å². The Kier molecular flexibility index (Phi) is 8.16. The molecule has 2 rings (SSSR count). The molecule has 2 N–H and O–H groups in total. The Labute approximate surface area is 136 Å². The van der Waals surface area contributed by atoms with Crippen molar-refractivity contribution in [2.45, 2.75) is 13.2 Å². The summed E-state index contributed by atoms with van der Waals surface area (Å²) in [6.07, 6.45) is 0. The van der Waals surface area contributed by atoms with Gasteiger partial charge in [-0.1, -0.05) is 48.0 Å². The fourth-order valence-corrected chi connectivity index (χ4v) is 2.05. The van der Waals surface area contributed by atoms with Gasteiger partial charge >= 0.3 is 0 Å². The summed E-state index contributed by atoms with van der Waals surface area (Å²) in [6.45, 7) is 1.80. The van der Waals surface area contributed by atoms with Crippen molar-refractivity contribution in [3.05, 3.63) is 64.7 Å². The summed E-state index contributed by atoms with van der Waals surface area (Å²) in [5.41, 5.74) is 2.03. The second kappa shape index (κ2) is 9.64. The third-order valence-electron chi connectivity index (χ3n) is 2.92. The Morgan fingerprint density at radius 2 is 1.67 bits per heavy atom. The fourth-order valence-electron chi connectivity index (χ4n) is 1.86. The van der Waals surface area contributed by atoms with Crippen LogP contribution in [0.5, 0.6) is 5.75 Å². The number of halogens is 2. The van der Waals surface area contributed by atoms with Gasteiger partial charge in [-0.3, -0.25) is 0 Å². The van der Waals surface area contributed by atoms with Gasteiger partial charge in [-0.15, -0.1) is 0 Å². The first-order valence-electron chi connectivity index (χ1n) is 6.57. The van der Waals surface area contributed by atoms with Crippen LogP contribution >= 0.6 is 11.6 Å². The van der Waals surface area contributed by atoms with Gasteiger partial charge in [-0.25, -0.2) is 0 Å². The van der Waals surface area contributed by atoms with Gasteiger partial charge < -0.3 is 27.6 Å². The van der Waals surface area contributed by atoms with Crippen LogP contribution in [0.4, 0.5) is 0 Å². The second-order valence-corrected chi connectivity index (χ2v) is 4.80. The molecule has 0 heterocycles. The van der Waals surface area contributed by atoms with Crippen LogP contribution < -0.4 is 22.5 Å². The van der Waals surface area contributed by atoms with Crippen LogP contribution in [0.3, 0.4) is 0 Å². The highest BCUT2D eigenvalue weighted by molar-refractivity contribution is 6.31. The minimum atomic E-state index is 0. The largest absolute Gasteiger partial charge is 1.00 e. The van der Waals surface area contributed by atoms with Crippen molar-refractivity contribution in [3.8, 4) is 5.75 Å². The molecule has 3 nitrogen and oxygen atoms in total. The Bertz CT molecular complexity index is 549. The second-order valence-electron chi connectivity index (χ2n) is 4.39. The number of hydrogen-bond donors (Lipinski definition) is 2. The SMILES string of the molecule is OCCNCc1ccccc1OCc1ccccc1Cl.[Cl-]. The molecule has 0 atom stereocenters. The van der Waals surface area contributed by atoms with Crippen molar-refractivity contribution in [3.63, 3.8) is 0 Å². The number of aliphatic hydroxyl groups excluding tert-OH is 1. The molecule has 0 aliphatic rings. The van der Waals surface area contributed by atoms with E-state index in [0.29, 0.717) is 24.7 Å².